The lowest BCUT2D eigenvalue weighted by atomic mass is 10.1. The molecule has 0 radical (unpaired) electrons. The molecule has 0 aromatic carbocycles. The van der Waals surface area contributed by atoms with E-state index >= 15 is 0 Å². The molecule has 0 saturated carbocycles. The molecule has 0 bridgehead atoms. The number of alkyl halides is 3. The fourth-order valence-corrected chi connectivity index (χ4v) is 2.21. The Morgan fingerprint density at radius 1 is 1.28 bits per heavy atom. The number of nitrogens with one attached hydrogen (secondary N) is 1. The van der Waals surface area contributed by atoms with Crippen LogP contribution in [0, 0.1) is 0 Å². The van der Waals surface area contributed by atoms with Crippen LogP contribution in [0.5, 0.6) is 0 Å². The molecule has 0 unspecified atom stereocenters. The molecular weight excluding hydrogens is 267 g/mol. The minimum Gasteiger partial charge on any atom is -0.314 e. The fraction of sp³-hybridized carbons (Fsp3) is 0.545. The highest BCUT2D eigenvalue weighted by atomic mass is 35.5. The lowest BCUT2D eigenvalue weighted by molar-refractivity contribution is -0.188. The summed E-state index contributed by atoms with van der Waals surface area (Å²) in [6.07, 6.45) is -3.12. The van der Waals surface area contributed by atoms with E-state index in [1.165, 1.54) is 23.2 Å². The standard InChI is InChI=1S/C11H13ClF3N3/c12-9-2-1-8(7-17-9)10(11(13,14)15)18-5-3-16-4-6-18/h1-2,7,10,16H,3-6H2/t10-/m1/s1. The number of aromatic nitrogens is 1. The molecule has 7 heteroatoms. The van der Waals surface area contributed by atoms with Gasteiger partial charge in [-0.25, -0.2) is 4.98 Å². The van der Waals surface area contributed by atoms with Crippen LogP contribution in [0.25, 0.3) is 0 Å². The van der Waals surface area contributed by atoms with Gasteiger partial charge in [0.2, 0.25) is 0 Å². The quantitative estimate of drug-likeness (QED) is 0.842. The topological polar surface area (TPSA) is 28.2 Å². The van der Waals surface area contributed by atoms with E-state index in [0.29, 0.717) is 26.2 Å². The first-order chi connectivity index (χ1) is 8.48. The van der Waals surface area contributed by atoms with Crippen LogP contribution in [0.2, 0.25) is 5.15 Å². The van der Waals surface area contributed by atoms with Crippen LogP contribution >= 0.6 is 11.6 Å². The number of piperazine rings is 1. The van der Waals surface area contributed by atoms with Crippen molar-refractivity contribution in [3.8, 4) is 0 Å². The van der Waals surface area contributed by atoms with Gasteiger partial charge in [0.05, 0.1) is 0 Å². The first-order valence-electron chi connectivity index (χ1n) is 5.61. The van der Waals surface area contributed by atoms with E-state index in [0.717, 1.165) is 0 Å². The Bertz CT molecular complexity index is 388. The molecule has 0 spiro atoms. The van der Waals surface area contributed by atoms with Crippen molar-refractivity contribution in [1.29, 1.82) is 0 Å². The Hall–Kier alpha value is -0.850. The second-order valence-electron chi connectivity index (χ2n) is 4.14. The van der Waals surface area contributed by atoms with Crippen molar-refractivity contribution in [2.24, 2.45) is 0 Å². The molecule has 0 amide bonds. The number of halogens is 4. The van der Waals surface area contributed by atoms with Gasteiger partial charge in [0, 0.05) is 32.4 Å². The highest BCUT2D eigenvalue weighted by Gasteiger charge is 2.44. The minimum atomic E-state index is -4.31. The molecular formula is C11H13ClF3N3. The third-order valence-corrected chi connectivity index (χ3v) is 3.12. The summed E-state index contributed by atoms with van der Waals surface area (Å²) in [6, 6.07) is 1.16. The summed E-state index contributed by atoms with van der Waals surface area (Å²) in [5, 5.41) is 3.23. The average Bonchev–Trinajstić information content (AvgIpc) is 2.32. The molecule has 2 rings (SSSR count). The summed E-state index contributed by atoms with van der Waals surface area (Å²) >= 11 is 5.60. The second-order valence-corrected chi connectivity index (χ2v) is 4.53. The van der Waals surface area contributed by atoms with Gasteiger partial charge in [-0.1, -0.05) is 17.7 Å². The zero-order chi connectivity index (χ0) is 13.2. The van der Waals surface area contributed by atoms with Crippen molar-refractivity contribution >= 4 is 11.6 Å². The summed E-state index contributed by atoms with van der Waals surface area (Å²) in [7, 11) is 0. The molecule has 1 aliphatic heterocycles. The number of hydrogen-bond donors (Lipinski definition) is 1. The molecule has 3 nitrogen and oxygen atoms in total. The molecule has 1 fully saturated rings. The molecule has 2 heterocycles. The zero-order valence-corrected chi connectivity index (χ0v) is 10.3. The van der Waals surface area contributed by atoms with E-state index in [1.54, 1.807) is 0 Å². The number of hydrogen-bond acceptors (Lipinski definition) is 3. The summed E-state index contributed by atoms with van der Waals surface area (Å²) in [5.74, 6) is 0. The maximum atomic E-state index is 13.2. The number of nitrogens with zero attached hydrogens (tertiary/aromatic N) is 2. The Morgan fingerprint density at radius 3 is 2.44 bits per heavy atom. The first kappa shape index (κ1) is 13.6. The highest BCUT2D eigenvalue weighted by molar-refractivity contribution is 6.29. The highest BCUT2D eigenvalue weighted by Crippen LogP contribution is 2.37. The number of rotatable bonds is 2. The van der Waals surface area contributed by atoms with Crippen LogP contribution < -0.4 is 5.32 Å². The number of pyridine rings is 1. The van der Waals surface area contributed by atoms with Gasteiger partial charge in [-0.2, -0.15) is 13.2 Å². The Kier molecular flexibility index (Phi) is 4.09. The normalized spacial score (nSPS) is 19.8. The average molecular weight is 280 g/mol. The van der Waals surface area contributed by atoms with E-state index in [2.05, 4.69) is 10.3 Å². The summed E-state index contributed by atoms with van der Waals surface area (Å²) in [4.78, 5) is 5.15. The van der Waals surface area contributed by atoms with Crippen LogP contribution in [0.15, 0.2) is 18.3 Å². The van der Waals surface area contributed by atoms with Gasteiger partial charge in [-0.15, -0.1) is 0 Å². The van der Waals surface area contributed by atoms with E-state index in [9.17, 15) is 13.2 Å². The molecule has 1 N–H and O–H groups in total. The lowest BCUT2D eigenvalue weighted by Crippen LogP contribution is -2.49. The van der Waals surface area contributed by atoms with Gasteiger partial charge in [0.15, 0.2) is 0 Å². The van der Waals surface area contributed by atoms with Crippen molar-refractivity contribution in [1.82, 2.24) is 15.2 Å². The molecule has 1 aromatic rings. The monoisotopic (exact) mass is 279 g/mol. The molecule has 1 saturated heterocycles. The predicted molar refractivity (Wildman–Crippen MR) is 62.5 cm³/mol. The van der Waals surface area contributed by atoms with Crippen molar-refractivity contribution in [2.45, 2.75) is 12.2 Å². The van der Waals surface area contributed by atoms with Gasteiger partial charge < -0.3 is 5.32 Å². The molecule has 18 heavy (non-hydrogen) atoms. The predicted octanol–water partition coefficient (Wildman–Crippen LogP) is 2.24. The summed E-state index contributed by atoms with van der Waals surface area (Å²) in [6.45, 7) is 1.86. The van der Waals surface area contributed by atoms with Crippen LogP contribution in [0.4, 0.5) is 13.2 Å². The Morgan fingerprint density at radius 2 is 1.94 bits per heavy atom. The van der Waals surface area contributed by atoms with Crippen LogP contribution in [-0.2, 0) is 0 Å². The maximum Gasteiger partial charge on any atom is 0.408 e. The van der Waals surface area contributed by atoms with E-state index in [-0.39, 0.29) is 10.7 Å². The smallest absolute Gasteiger partial charge is 0.314 e. The molecule has 1 aromatic heterocycles. The second kappa shape index (κ2) is 5.42. The van der Waals surface area contributed by atoms with Crippen molar-refractivity contribution < 1.29 is 13.2 Å². The SMILES string of the molecule is FC(F)(F)[C@@H](c1ccc(Cl)nc1)N1CCNCC1. The van der Waals surface area contributed by atoms with Gasteiger partial charge in [0.25, 0.3) is 0 Å². The van der Waals surface area contributed by atoms with Gasteiger partial charge in [0.1, 0.15) is 11.2 Å². The van der Waals surface area contributed by atoms with Crippen molar-refractivity contribution in [3.05, 3.63) is 29.0 Å². The summed E-state index contributed by atoms with van der Waals surface area (Å²) in [5.41, 5.74) is 0.133. The van der Waals surface area contributed by atoms with Crippen LogP contribution in [0.1, 0.15) is 11.6 Å². The van der Waals surface area contributed by atoms with Gasteiger partial charge in [-0.3, -0.25) is 4.90 Å². The van der Waals surface area contributed by atoms with E-state index in [1.807, 2.05) is 0 Å². The minimum absolute atomic E-state index is 0.133. The largest absolute Gasteiger partial charge is 0.408 e. The molecule has 100 valence electrons. The first-order valence-corrected chi connectivity index (χ1v) is 5.99. The van der Waals surface area contributed by atoms with E-state index < -0.39 is 12.2 Å². The molecule has 0 aliphatic carbocycles. The molecule has 1 aliphatic rings. The van der Waals surface area contributed by atoms with Gasteiger partial charge >= 0.3 is 6.18 Å². The van der Waals surface area contributed by atoms with Crippen molar-refractivity contribution in [3.63, 3.8) is 0 Å². The lowest BCUT2D eigenvalue weighted by Gasteiger charge is -2.35. The maximum absolute atomic E-state index is 13.2. The Labute approximate surface area is 108 Å². The van der Waals surface area contributed by atoms with Crippen molar-refractivity contribution in [2.75, 3.05) is 26.2 Å². The van der Waals surface area contributed by atoms with E-state index in [4.69, 9.17) is 11.6 Å². The Balaban J connectivity index is 2.27. The van der Waals surface area contributed by atoms with Gasteiger partial charge in [-0.05, 0) is 11.6 Å². The van der Waals surface area contributed by atoms with Crippen LogP contribution in [-0.4, -0.2) is 42.2 Å². The third kappa shape index (κ3) is 3.13. The fourth-order valence-electron chi connectivity index (χ4n) is 2.10. The third-order valence-electron chi connectivity index (χ3n) is 2.89. The zero-order valence-electron chi connectivity index (χ0n) is 9.54. The molecule has 1 atom stereocenters. The summed E-state index contributed by atoms with van der Waals surface area (Å²) < 4.78 is 39.5. The van der Waals surface area contributed by atoms with Crippen LogP contribution in [0.3, 0.4) is 0 Å².